The summed E-state index contributed by atoms with van der Waals surface area (Å²) in [6.07, 6.45) is 2.49. The number of aldehydes is 1. The van der Waals surface area contributed by atoms with Crippen molar-refractivity contribution >= 4 is 17.9 Å². The fourth-order valence-electron chi connectivity index (χ4n) is 2.41. The summed E-state index contributed by atoms with van der Waals surface area (Å²) in [4.78, 5) is 24.1. The van der Waals surface area contributed by atoms with Crippen molar-refractivity contribution in [1.29, 1.82) is 0 Å². The van der Waals surface area contributed by atoms with Crippen LogP contribution in [0.25, 0.3) is 0 Å². The van der Waals surface area contributed by atoms with E-state index in [9.17, 15) is 9.59 Å². The minimum absolute atomic E-state index is 0.0107. The Morgan fingerprint density at radius 1 is 1.39 bits per heavy atom. The number of anilines is 1. The Kier molecular flexibility index (Phi) is 3.65. The van der Waals surface area contributed by atoms with Crippen molar-refractivity contribution in [2.75, 3.05) is 18.0 Å². The topological polar surface area (TPSA) is 63.4 Å². The van der Waals surface area contributed by atoms with Crippen molar-refractivity contribution in [2.24, 2.45) is 11.7 Å². The molecule has 1 saturated heterocycles. The summed E-state index contributed by atoms with van der Waals surface area (Å²) in [7, 11) is 0. The normalized spacial score (nSPS) is 16.6. The van der Waals surface area contributed by atoms with Gasteiger partial charge >= 0.3 is 0 Å². The van der Waals surface area contributed by atoms with Gasteiger partial charge in [0.15, 0.2) is 0 Å². The quantitative estimate of drug-likeness (QED) is 0.822. The number of nitrogens with two attached hydrogens (primary N) is 1. The summed E-state index contributed by atoms with van der Waals surface area (Å²) >= 11 is 0. The molecule has 0 radical (unpaired) electrons. The first kappa shape index (κ1) is 12.6. The first-order valence-corrected chi connectivity index (χ1v) is 6.22. The zero-order valence-corrected chi connectivity index (χ0v) is 10.6. The summed E-state index contributed by atoms with van der Waals surface area (Å²) < 4.78 is 0. The highest BCUT2D eigenvalue weighted by Gasteiger charge is 2.23. The molecule has 1 aliphatic heterocycles. The molecule has 18 heavy (non-hydrogen) atoms. The van der Waals surface area contributed by atoms with Gasteiger partial charge in [0.25, 0.3) is 0 Å². The van der Waals surface area contributed by atoms with Crippen molar-refractivity contribution in [3.8, 4) is 0 Å². The van der Waals surface area contributed by atoms with Gasteiger partial charge in [-0.2, -0.15) is 0 Å². The van der Waals surface area contributed by atoms with E-state index in [1.54, 1.807) is 0 Å². The summed E-state index contributed by atoms with van der Waals surface area (Å²) in [5.74, 6) is -0.182. The molecule has 1 aliphatic rings. The lowest BCUT2D eigenvalue weighted by Gasteiger charge is -2.32. The van der Waals surface area contributed by atoms with E-state index < -0.39 is 0 Å². The molecule has 1 fully saturated rings. The fourth-order valence-corrected chi connectivity index (χ4v) is 2.41. The van der Waals surface area contributed by atoms with E-state index in [0.29, 0.717) is 0 Å². The van der Waals surface area contributed by atoms with Crippen LogP contribution in [-0.2, 0) is 4.79 Å². The van der Waals surface area contributed by atoms with Crippen molar-refractivity contribution in [3.63, 3.8) is 0 Å². The van der Waals surface area contributed by atoms with Crippen LogP contribution in [0.1, 0.15) is 28.8 Å². The average molecular weight is 246 g/mol. The molecule has 2 rings (SSSR count). The van der Waals surface area contributed by atoms with E-state index in [1.165, 1.54) is 0 Å². The second-order valence-electron chi connectivity index (χ2n) is 4.82. The third-order valence-corrected chi connectivity index (χ3v) is 3.64. The Morgan fingerprint density at radius 3 is 2.56 bits per heavy atom. The number of amides is 1. The number of piperidine rings is 1. The van der Waals surface area contributed by atoms with Crippen molar-refractivity contribution in [2.45, 2.75) is 19.8 Å². The highest BCUT2D eigenvalue weighted by molar-refractivity contribution is 5.79. The molecule has 4 heteroatoms. The summed E-state index contributed by atoms with van der Waals surface area (Å²) in [5.41, 5.74) is 8.14. The third-order valence-electron chi connectivity index (χ3n) is 3.64. The van der Waals surface area contributed by atoms with E-state index in [0.717, 1.165) is 49.0 Å². The van der Waals surface area contributed by atoms with Gasteiger partial charge in [-0.05, 0) is 43.5 Å². The lowest BCUT2D eigenvalue weighted by Crippen LogP contribution is -2.38. The van der Waals surface area contributed by atoms with Crippen LogP contribution >= 0.6 is 0 Å². The van der Waals surface area contributed by atoms with Gasteiger partial charge in [0.2, 0.25) is 5.91 Å². The molecule has 0 bridgehead atoms. The van der Waals surface area contributed by atoms with Crippen LogP contribution in [0.15, 0.2) is 18.2 Å². The number of hydrogen-bond acceptors (Lipinski definition) is 3. The molecular weight excluding hydrogens is 228 g/mol. The molecule has 0 aliphatic carbocycles. The monoisotopic (exact) mass is 246 g/mol. The van der Waals surface area contributed by atoms with Crippen LogP contribution in [0, 0.1) is 12.8 Å². The van der Waals surface area contributed by atoms with Crippen molar-refractivity contribution < 1.29 is 9.59 Å². The average Bonchev–Trinajstić information content (AvgIpc) is 2.38. The Balaban J connectivity index is 2.08. The number of primary amides is 1. The van der Waals surface area contributed by atoms with Gasteiger partial charge in [-0.1, -0.05) is 0 Å². The van der Waals surface area contributed by atoms with Crippen LogP contribution in [0.4, 0.5) is 5.69 Å². The number of carbonyl (C=O) groups is 2. The smallest absolute Gasteiger partial charge is 0.220 e. The van der Waals surface area contributed by atoms with Gasteiger partial charge in [0, 0.05) is 30.3 Å². The number of hydrogen-bond donors (Lipinski definition) is 1. The molecule has 0 unspecified atom stereocenters. The molecular formula is C14H18N2O2. The number of nitrogens with zero attached hydrogens (tertiary/aromatic N) is 1. The van der Waals surface area contributed by atoms with Crippen LogP contribution in [0.3, 0.4) is 0 Å². The number of carbonyl (C=O) groups excluding carboxylic acids is 2. The first-order chi connectivity index (χ1) is 8.61. The molecule has 0 saturated carbocycles. The predicted octanol–water partition coefficient (Wildman–Crippen LogP) is 1.51. The van der Waals surface area contributed by atoms with Gasteiger partial charge in [-0.3, -0.25) is 9.59 Å². The molecule has 1 aromatic rings. The number of rotatable bonds is 3. The predicted molar refractivity (Wildman–Crippen MR) is 70.7 cm³/mol. The maximum Gasteiger partial charge on any atom is 0.220 e. The van der Waals surface area contributed by atoms with E-state index in [4.69, 9.17) is 5.73 Å². The summed E-state index contributed by atoms with van der Waals surface area (Å²) in [6, 6.07) is 5.83. The maximum absolute atomic E-state index is 11.1. The van der Waals surface area contributed by atoms with Crippen molar-refractivity contribution in [1.82, 2.24) is 0 Å². The fraction of sp³-hybridized carbons (Fsp3) is 0.429. The number of aryl methyl sites for hydroxylation is 1. The van der Waals surface area contributed by atoms with Crippen LogP contribution in [0.2, 0.25) is 0 Å². The standard InChI is InChI=1S/C14H18N2O2/c1-10-8-13(3-2-12(10)9-17)16-6-4-11(5-7-16)14(15)18/h2-3,8-9,11H,4-7H2,1H3,(H2,15,18). The maximum atomic E-state index is 11.1. The molecule has 1 heterocycles. The first-order valence-electron chi connectivity index (χ1n) is 6.22. The van der Waals surface area contributed by atoms with Gasteiger partial charge in [-0.25, -0.2) is 0 Å². The highest BCUT2D eigenvalue weighted by atomic mass is 16.1. The van der Waals surface area contributed by atoms with Gasteiger partial charge in [0.05, 0.1) is 0 Å². The minimum Gasteiger partial charge on any atom is -0.371 e. The van der Waals surface area contributed by atoms with Gasteiger partial charge in [-0.15, -0.1) is 0 Å². The highest BCUT2D eigenvalue weighted by Crippen LogP contribution is 2.24. The molecule has 0 aromatic heterocycles. The second-order valence-corrected chi connectivity index (χ2v) is 4.82. The molecule has 0 atom stereocenters. The van der Waals surface area contributed by atoms with Gasteiger partial charge < -0.3 is 10.6 Å². The summed E-state index contributed by atoms with van der Waals surface area (Å²) in [5, 5.41) is 0. The SMILES string of the molecule is Cc1cc(N2CCC(C(N)=O)CC2)ccc1C=O. The van der Waals surface area contributed by atoms with Crippen LogP contribution < -0.4 is 10.6 Å². The van der Waals surface area contributed by atoms with Crippen LogP contribution in [-0.4, -0.2) is 25.3 Å². The number of benzene rings is 1. The van der Waals surface area contributed by atoms with E-state index >= 15 is 0 Å². The molecule has 96 valence electrons. The molecule has 4 nitrogen and oxygen atoms in total. The van der Waals surface area contributed by atoms with E-state index in [-0.39, 0.29) is 11.8 Å². The third kappa shape index (κ3) is 2.53. The minimum atomic E-state index is -0.192. The van der Waals surface area contributed by atoms with Crippen LogP contribution in [0.5, 0.6) is 0 Å². The van der Waals surface area contributed by atoms with E-state index in [2.05, 4.69) is 4.90 Å². The lowest BCUT2D eigenvalue weighted by molar-refractivity contribution is -0.122. The Hall–Kier alpha value is -1.84. The molecule has 2 N–H and O–H groups in total. The Labute approximate surface area is 107 Å². The Morgan fingerprint density at radius 2 is 2.06 bits per heavy atom. The van der Waals surface area contributed by atoms with E-state index in [1.807, 2.05) is 25.1 Å². The molecule has 1 amide bonds. The zero-order chi connectivity index (χ0) is 13.1. The van der Waals surface area contributed by atoms with Gasteiger partial charge in [0.1, 0.15) is 6.29 Å². The molecule has 1 aromatic carbocycles. The Bertz CT molecular complexity index is 463. The lowest BCUT2D eigenvalue weighted by atomic mass is 9.95. The zero-order valence-electron chi connectivity index (χ0n) is 10.6. The summed E-state index contributed by atoms with van der Waals surface area (Å²) in [6.45, 7) is 3.62. The second kappa shape index (κ2) is 5.21. The van der Waals surface area contributed by atoms with Crippen molar-refractivity contribution in [3.05, 3.63) is 29.3 Å². The molecule has 0 spiro atoms. The largest absolute Gasteiger partial charge is 0.371 e.